The Hall–Kier alpha value is -2.50. The maximum Gasteiger partial charge on any atom is 0.258 e. The van der Waals surface area contributed by atoms with Gasteiger partial charge in [-0.3, -0.25) is 5.10 Å². The molecule has 2 heterocycles. The van der Waals surface area contributed by atoms with Crippen LogP contribution in [0.1, 0.15) is 26.3 Å². The Kier molecular flexibility index (Phi) is 3.29. The molecule has 6 nitrogen and oxygen atoms in total. The molecule has 6 heteroatoms. The van der Waals surface area contributed by atoms with Crippen molar-refractivity contribution in [3.05, 3.63) is 36.2 Å². The number of benzene rings is 1. The summed E-state index contributed by atoms with van der Waals surface area (Å²) in [5, 5.41) is 10.5. The molecular formula is C15H17N5O. The highest BCUT2D eigenvalue weighted by atomic mass is 16.5. The van der Waals surface area contributed by atoms with Crippen LogP contribution >= 0.6 is 0 Å². The van der Waals surface area contributed by atoms with E-state index in [-0.39, 0.29) is 5.41 Å². The molecule has 21 heavy (non-hydrogen) atoms. The molecule has 1 N–H and O–H groups in total. The molecule has 3 aromatic rings. The molecule has 0 atom stereocenters. The molecule has 2 aromatic heterocycles. The van der Waals surface area contributed by atoms with Gasteiger partial charge < -0.3 is 4.52 Å². The molecule has 3 rings (SSSR count). The third-order valence-corrected chi connectivity index (χ3v) is 3.02. The van der Waals surface area contributed by atoms with Crippen LogP contribution in [0, 0.1) is 5.41 Å². The molecule has 0 fully saturated rings. The number of rotatable bonds is 3. The highest BCUT2D eigenvalue weighted by molar-refractivity contribution is 5.60. The highest BCUT2D eigenvalue weighted by Crippen LogP contribution is 2.29. The topological polar surface area (TPSA) is 80.5 Å². The Balaban J connectivity index is 1.98. The summed E-state index contributed by atoms with van der Waals surface area (Å²) in [4.78, 5) is 8.43. The lowest BCUT2D eigenvalue weighted by Crippen LogP contribution is -2.10. The second-order valence-electron chi connectivity index (χ2n) is 6.15. The van der Waals surface area contributed by atoms with Crippen LogP contribution in [0.4, 0.5) is 0 Å². The Morgan fingerprint density at radius 1 is 1.19 bits per heavy atom. The monoisotopic (exact) mass is 283 g/mol. The predicted octanol–water partition coefficient (Wildman–Crippen LogP) is 3.11. The third-order valence-electron chi connectivity index (χ3n) is 3.02. The number of H-pyrrole nitrogens is 1. The van der Waals surface area contributed by atoms with Gasteiger partial charge in [-0.15, -0.1) is 0 Å². The maximum atomic E-state index is 5.38. The zero-order valence-electron chi connectivity index (χ0n) is 12.3. The largest absolute Gasteiger partial charge is 0.333 e. The van der Waals surface area contributed by atoms with Crippen LogP contribution in [0.15, 0.2) is 35.1 Å². The Morgan fingerprint density at radius 2 is 2.00 bits per heavy atom. The van der Waals surface area contributed by atoms with Gasteiger partial charge in [0.25, 0.3) is 5.89 Å². The Labute approximate surface area is 122 Å². The predicted molar refractivity (Wildman–Crippen MR) is 78.3 cm³/mol. The summed E-state index contributed by atoms with van der Waals surface area (Å²) in [7, 11) is 0. The van der Waals surface area contributed by atoms with Gasteiger partial charge >= 0.3 is 0 Å². The van der Waals surface area contributed by atoms with E-state index in [0.29, 0.717) is 17.5 Å². The van der Waals surface area contributed by atoms with Crippen LogP contribution in [0.2, 0.25) is 0 Å². The number of nitrogens with zero attached hydrogens (tertiary/aromatic N) is 4. The van der Waals surface area contributed by atoms with Crippen molar-refractivity contribution in [2.24, 2.45) is 5.41 Å². The second-order valence-corrected chi connectivity index (χ2v) is 6.15. The van der Waals surface area contributed by atoms with E-state index >= 15 is 0 Å². The van der Waals surface area contributed by atoms with Gasteiger partial charge in [-0.05, 0) is 23.5 Å². The average molecular weight is 283 g/mol. The van der Waals surface area contributed by atoms with Crippen molar-refractivity contribution in [2.45, 2.75) is 27.2 Å². The van der Waals surface area contributed by atoms with Gasteiger partial charge in [0.05, 0.1) is 0 Å². The number of hydrogen-bond donors (Lipinski definition) is 1. The summed E-state index contributed by atoms with van der Waals surface area (Å²) in [6.45, 7) is 6.62. The first kappa shape index (κ1) is 13.5. The zero-order valence-corrected chi connectivity index (χ0v) is 12.3. The molecule has 0 aliphatic rings. The minimum absolute atomic E-state index is 0.184. The fourth-order valence-corrected chi connectivity index (χ4v) is 2.20. The molecule has 0 radical (unpaired) electrons. The number of aromatic nitrogens is 5. The van der Waals surface area contributed by atoms with Crippen LogP contribution in [-0.4, -0.2) is 25.3 Å². The SMILES string of the molecule is CC(C)(C)Cc1ccccc1-c1nc(-c2ncn[nH]2)no1. The van der Waals surface area contributed by atoms with E-state index in [4.69, 9.17) is 4.52 Å². The standard InChI is InChI=1S/C15H17N5O/c1-15(2,3)8-10-6-4-5-7-11(10)14-18-13(20-21-14)12-16-9-17-19-12/h4-7,9H,8H2,1-3H3,(H,16,17,19). The average Bonchev–Trinajstić information content (AvgIpc) is 3.08. The van der Waals surface area contributed by atoms with Crippen LogP contribution < -0.4 is 0 Å². The first-order valence-electron chi connectivity index (χ1n) is 6.81. The molecule has 108 valence electrons. The van der Waals surface area contributed by atoms with E-state index in [1.807, 2.05) is 18.2 Å². The normalized spacial score (nSPS) is 11.8. The molecule has 0 bridgehead atoms. The molecule has 0 aliphatic carbocycles. The Morgan fingerprint density at radius 3 is 2.71 bits per heavy atom. The van der Waals surface area contributed by atoms with Crippen LogP contribution in [0.3, 0.4) is 0 Å². The van der Waals surface area contributed by atoms with Crippen molar-refractivity contribution in [3.63, 3.8) is 0 Å². The quantitative estimate of drug-likeness (QED) is 0.798. The lowest BCUT2D eigenvalue weighted by molar-refractivity contribution is 0.408. The van der Waals surface area contributed by atoms with Gasteiger partial charge in [-0.2, -0.15) is 10.1 Å². The highest BCUT2D eigenvalue weighted by Gasteiger charge is 2.18. The van der Waals surface area contributed by atoms with Crippen molar-refractivity contribution in [1.29, 1.82) is 0 Å². The first-order valence-corrected chi connectivity index (χ1v) is 6.81. The van der Waals surface area contributed by atoms with Crippen molar-refractivity contribution < 1.29 is 4.52 Å². The summed E-state index contributed by atoms with van der Waals surface area (Å²) < 4.78 is 5.38. The van der Waals surface area contributed by atoms with Gasteiger partial charge in [0, 0.05) is 5.56 Å². The summed E-state index contributed by atoms with van der Waals surface area (Å²) in [5.74, 6) is 1.41. The summed E-state index contributed by atoms with van der Waals surface area (Å²) in [6, 6.07) is 8.09. The van der Waals surface area contributed by atoms with Gasteiger partial charge in [0.15, 0.2) is 5.82 Å². The maximum absolute atomic E-state index is 5.38. The number of aromatic amines is 1. The molecule has 0 unspecified atom stereocenters. The minimum Gasteiger partial charge on any atom is -0.333 e. The van der Waals surface area contributed by atoms with Crippen molar-refractivity contribution in [3.8, 4) is 23.1 Å². The summed E-state index contributed by atoms with van der Waals surface area (Å²) in [6.07, 6.45) is 2.35. The Bertz CT molecular complexity index is 725. The van der Waals surface area contributed by atoms with Gasteiger partial charge in [0.2, 0.25) is 5.82 Å². The van der Waals surface area contributed by atoms with E-state index in [0.717, 1.165) is 12.0 Å². The molecule has 1 aromatic carbocycles. The number of hydrogen-bond acceptors (Lipinski definition) is 5. The van der Waals surface area contributed by atoms with Gasteiger partial charge in [-0.25, -0.2) is 4.98 Å². The fourth-order valence-electron chi connectivity index (χ4n) is 2.20. The van der Waals surface area contributed by atoms with Crippen molar-refractivity contribution in [2.75, 3.05) is 0 Å². The molecule has 0 aliphatic heterocycles. The van der Waals surface area contributed by atoms with Crippen LogP contribution in [0.5, 0.6) is 0 Å². The van der Waals surface area contributed by atoms with Gasteiger partial charge in [0.1, 0.15) is 6.33 Å². The molecule has 0 spiro atoms. The summed E-state index contributed by atoms with van der Waals surface area (Å²) >= 11 is 0. The second kappa shape index (κ2) is 5.12. The number of nitrogens with one attached hydrogen (secondary N) is 1. The van der Waals surface area contributed by atoms with Crippen molar-refractivity contribution >= 4 is 0 Å². The lowest BCUT2D eigenvalue weighted by atomic mass is 9.86. The van der Waals surface area contributed by atoms with E-state index in [1.54, 1.807) is 0 Å². The third kappa shape index (κ3) is 2.99. The van der Waals surface area contributed by atoms with E-state index < -0.39 is 0 Å². The smallest absolute Gasteiger partial charge is 0.258 e. The first-order chi connectivity index (χ1) is 10.0. The minimum atomic E-state index is 0.184. The van der Waals surface area contributed by atoms with E-state index in [9.17, 15) is 0 Å². The fraction of sp³-hybridized carbons (Fsp3) is 0.333. The van der Waals surface area contributed by atoms with E-state index in [2.05, 4.69) is 52.2 Å². The molecular weight excluding hydrogens is 266 g/mol. The summed E-state index contributed by atoms with van der Waals surface area (Å²) in [5.41, 5.74) is 2.34. The zero-order chi connectivity index (χ0) is 14.9. The lowest BCUT2D eigenvalue weighted by Gasteiger charge is -2.19. The molecule has 0 saturated carbocycles. The van der Waals surface area contributed by atoms with Crippen molar-refractivity contribution in [1.82, 2.24) is 25.3 Å². The van der Waals surface area contributed by atoms with Crippen LogP contribution in [0.25, 0.3) is 23.1 Å². The van der Waals surface area contributed by atoms with E-state index in [1.165, 1.54) is 11.9 Å². The molecule has 0 amide bonds. The van der Waals surface area contributed by atoms with Gasteiger partial charge in [-0.1, -0.05) is 44.1 Å². The molecule has 0 saturated heterocycles. The van der Waals surface area contributed by atoms with Crippen LogP contribution in [-0.2, 0) is 6.42 Å².